The van der Waals surface area contributed by atoms with Gasteiger partial charge in [-0.05, 0) is 5.41 Å². The van der Waals surface area contributed by atoms with Gasteiger partial charge in [0, 0.05) is 18.1 Å². The summed E-state index contributed by atoms with van der Waals surface area (Å²) in [6.07, 6.45) is 1.89. The van der Waals surface area contributed by atoms with Crippen LogP contribution in [-0.4, -0.2) is 23.2 Å². The fraction of sp³-hybridized carbons (Fsp3) is 0.750. The molecule has 1 N–H and O–H groups in total. The van der Waals surface area contributed by atoms with Gasteiger partial charge in [-0.25, -0.2) is 0 Å². The average molecular weight is 160 g/mol. The van der Waals surface area contributed by atoms with Gasteiger partial charge >= 0.3 is 0 Å². The van der Waals surface area contributed by atoms with Gasteiger partial charge in [0.15, 0.2) is 0 Å². The quantitative estimate of drug-likeness (QED) is 0.490. The number of rotatable bonds is 5. The maximum atomic E-state index is 8.85. The molecule has 0 heterocycles. The molecule has 0 bridgehead atoms. The first-order chi connectivity index (χ1) is 4.62. The van der Waals surface area contributed by atoms with Crippen molar-refractivity contribution >= 4 is 11.8 Å². The van der Waals surface area contributed by atoms with Crippen molar-refractivity contribution in [3.8, 4) is 0 Å². The van der Waals surface area contributed by atoms with E-state index < -0.39 is 0 Å². The summed E-state index contributed by atoms with van der Waals surface area (Å²) in [6.45, 7) is 8.00. The van der Waals surface area contributed by atoms with E-state index in [9.17, 15) is 0 Å². The van der Waals surface area contributed by atoms with Crippen LogP contribution >= 0.6 is 11.8 Å². The second-order valence-electron chi connectivity index (χ2n) is 3.13. The second-order valence-corrected chi connectivity index (χ2v) is 4.16. The Labute approximate surface area is 67.5 Å². The van der Waals surface area contributed by atoms with E-state index in [1.807, 2.05) is 6.08 Å². The smallest absolute Gasteiger partial charge is 0.0490 e. The van der Waals surface area contributed by atoms with Gasteiger partial charge in [0.1, 0.15) is 0 Å². The molecule has 0 unspecified atom stereocenters. The van der Waals surface area contributed by atoms with Crippen molar-refractivity contribution in [2.45, 2.75) is 13.8 Å². The maximum Gasteiger partial charge on any atom is 0.0490 e. The summed E-state index contributed by atoms with van der Waals surface area (Å²) in [4.78, 5) is 0. The maximum absolute atomic E-state index is 8.85. The van der Waals surface area contributed by atoms with Gasteiger partial charge in [-0.15, -0.1) is 6.58 Å². The van der Waals surface area contributed by atoms with Crippen LogP contribution in [0.25, 0.3) is 0 Å². The molecular formula is C8H16OS. The molecule has 0 atom stereocenters. The van der Waals surface area contributed by atoms with Crippen molar-refractivity contribution in [2.24, 2.45) is 5.41 Å². The highest BCUT2D eigenvalue weighted by atomic mass is 32.2. The van der Waals surface area contributed by atoms with Crippen molar-refractivity contribution in [1.82, 2.24) is 0 Å². The van der Waals surface area contributed by atoms with Crippen molar-refractivity contribution in [2.75, 3.05) is 18.1 Å². The van der Waals surface area contributed by atoms with Crippen LogP contribution in [0.4, 0.5) is 0 Å². The molecule has 10 heavy (non-hydrogen) atoms. The normalized spacial score (nSPS) is 11.5. The molecule has 0 saturated carbocycles. The van der Waals surface area contributed by atoms with Gasteiger partial charge < -0.3 is 5.11 Å². The first kappa shape index (κ1) is 10.0. The minimum Gasteiger partial charge on any atom is -0.396 e. The molecule has 60 valence electrons. The van der Waals surface area contributed by atoms with E-state index in [4.69, 9.17) is 5.11 Å². The second kappa shape index (κ2) is 4.80. The van der Waals surface area contributed by atoms with Gasteiger partial charge in [-0.1, -0.05) is 19.9 Å². The SMILES string of the molecule is C=CCSCC(C)(C)CO. The van der Waals surface area contributed by atoms with Crippen molar-refractivity contribution < 1.29 is 5.11 Å². The van der Waals surface area contributed by atoms with Crippen molar-refractivity contribution in [3.63, 3.8) is 0 Å². The standard InChI is InChI=1S/C8H16OS/c1-4-5-10-7-8(2,3)6-9/h4,9H,1,5-7H2,2-3H3. The van der Waals surface area contributed by atoms with Crippen LogP contribution in [-0.2, 0) is 0 Å². The number of hydrogen-bond donors (Lipinski definition) is 1. The molecule has 0 fully saturated rings. The summed E-state index contributed by atoms with van der Waals surface area (Å²) in [5.74, 6) is 1.97. The predicted molar refractivity (Wildman–Crippen MR) is 48.4 cm³/mol. The van der Waals surface area contributed by atoms with Crippen LogP contribution in [0, 0.1) is 5.41 Å². The Bertz CT molecular complexity index is 99.4. The lowest BCUT2D eigenvalue weighted by Crippen LogP contribution is -2.19. The number of thioether (sulfide) groups is 1. The van der Waals surface area contributed by atoms with Gasteiger partial charge in [0.2, 0.25) is 0 Å². The summed E-state index contributed by atoms with van der Waals surface area (Å²) in [5.41, 5.74) is 0.0632. The number of aliphatic hydroxyl groups is 1. The van der Waals surface area contributed by atoms with Crippen LogP contribution in [0.5, 0.6) is 0 Å². The zero-order valence-corrected chi connectivity index (χ0v) is 7.58. The third-order valence-corrected chi connectivity index (χ3v) is 2.61. The Morgan fingerprint density at radius 3 is 2.60 bits per heavy atom. The molecule has 0 aliphatic heterocycles. The first-order valence-electron chi connectivity index (χ1n) is 3.42. The fourth-order valence-corrected chi connectivity index (χ4v) is 1.39. The summed E-state index contributed by atoms with van der Waals surface area (Å²) in [5, 5.41) is 8.85. The molecule has 0 aromatic rings. The highest BCUT2D eigenvalue weighted by Crippen LogP contribution is 2.20. The van der Waals surface area contributed by atoms with Gasteiger partial charge in [-0.2, -0.15) is 11.8 Å². The minimum atomic E-state index is 0.0632. The van der Waals surface area contributed by atoms with Crippen molar-refractivity contribution in [3.05, 3.63) is 12.7 Å². The summed E-state index contributed by atoms with van der Waals surface area (Å²) in [6, 6.07) is 0. The van der Waals surface area contributed by atoms with E-state index in [0.717, 1.165) is 11.5 Å². The van der Waals surface area contributed by atoms with Crippen LogP contribution in [0.1, 0.15) is 13.8 Å². The number of hydrogen-bond acceptors (Lipinski definition) is 2. The molecule has 0 spiro atoms. The third-order valence-electron chi connectivity index (χ3n) is 1.16. The topological polar surface area (TPSA) is 20.2 Å². The summed E-state index contributed by atoms with van der Waals surface area (Å²) in [7, 11) is 0. The van der Waals surface area contributed by atoms with Crippen LogP contribution < -0.4 is 0 Å². The Hall–Kier alpha value is 0.0500. The van der Waals surface area contributed by atoms with Crippen LogP contribution in [0.15, 0.2) is 12.7 Å². The Kier molecular flexibility index (Phi) is 4.83. The fourth-order valence-electron chi connectivity index (χ4n) is 0.464. The van der Waals surface area contributed by atoms with E-state index in [1.54, 1.807) is 11.8 Å². The lowest BCUT2D eigenvalue weighted by atomic mass is 9.98. The number of aliphatic hydroxyl groups excluding tert-OH is 1. The van der Waals surface area contributed by atoms with Crippen molar-refractivity contribution in [1.29, 1.82) is 0 Å². The molecule has 0 amide bonds. The molecule has 0 aliphatic carbocycles. The summed E-state index contributed by atoms with van der Waals surface area (Å²) >= 11 is 1.81. The molecule has 0 aliphatic rings. The molecule has 1 nitrogen and oxygen atoms in total. The molecule has 0 aromatic carbocycles. The van der Waals surface area contributed by atoms with Gasteiger partial charge in [0.05, 0.1) is 0 Å². The lowest BCUT2D eigenvalue weighted by molar-refractivity contribution is 0.181. The van der Waals surface area contributed by atoms with Gasteiger partial charge in [-0.3, -0.25) is 0 Å². The highest BCUT2D eigenvalue weighted by Gasteiger charge is 2.15. The molecular weight excluding hydrogens is 144 g/mol. The Morgan fingerprint density at radius 2 is 2.20 bits per heavy atom. The zero-order chi connectivity index (χ0) is 8.04. The minimum absolute atomic E-state index is 0.0632. The third kappa shape index (κ3) is 4.89. The molecule has 0 rings (SSSR count). The summed E-state index contributed by atoms with van der Waals surface area (Å²) < 4.78 is 0. The van der Waals surface area contributed by atoms with E-state index >= 15 is 0 Å². The van der Waals surface area contributed by atoms with Gasteiger partial charge in [0.25, 0.3) is 0 Å². The highest BCUT2D eigenvalue weighted by molar-refractivity contribution is 7.99. The van der Waals surface area contributed by atoms with Crippen LogP contribution in [0.2, 0.25) is 0 Å². The van der Waals surface area contributed by atoms with E-state index in [0.29, 0.717) is 0 Å². The van der Waals surface area contributed by atoms with E-state index in [-0.39, 0.29) is 12.0 Å². The predicted octanol–water partition coefficient (Wildman–Crippen LogP) is 1.92. The molecule has 0 aromatic heterocycles. The average Bonchev–Trinajstić information content (AvgIpc) is 1.89. The van der Waals surface area contributed by atoms with Crippen LogP contribution in [0.3, 0.4) is 0 Å². The Morgan fingerprint density at radius 1 is 1.60 bits per heavy atom. The van der Waals surface area contributed by atoms with E-state index in [2.05, 4.69) is 20.4 Å². The van der Waals surface area contributed by atoms with E-state index in [1.165, 1.54) is 0 Å². The monoisotopic (exact) mass is 160 g/mol. The lowest BCUT2D eigenvalue weighted by Gasteiger charge is -2.19. The molecule has 0 radical (unpaired) electrons. The molecule has 0 saturated heterocycles. The Balaban J connectivity index is 3.36. The first-order valence-corrected chi connectivity index (χ1v) is 4.57. The molecule has 2 heteroatoms. The largest absolute Gasteiger partial charge is 0.396 e. The zero-order valence-electron chi connectivity index (χ0n) is 6.76.